The molecule has 1 N–H and O–H groups in total. The molecule has 0 saturated heterocycles. The fraction of sp³-hybridized carbons (Fsp3) is 0.182. The maximum Gasteiger partial charge on any atom is 0.328 e. The number of rotatable bonds is 4. The summed E-state index contributed by atoms with van der Waals surface area (Å²) in [4.78, 5) is 11.5. The lowest BCUT2D eigenvalue weighted by molar-refractivity contribution is -0.131. The maximum absolute atomic E-state index is 10.3. The van der Waals surface area contributed by atoms with Crippen LogP contribution >= 0.6 is 11.8 Å². The van der Waals surface area contributed by atoms with Crippen LogP contribution in [0.4, 0.5) is 0 Å². The van der Waals surface area contributed by atoms with Crippen LogP contribution in [0.5, 0.6) is 0 Å². The number of hydrogen-bond donors (Lipinski definition) is 1. The van der Waals surface area contributed by atoms with E-state index in [2.05, 4.69) is 6.92 Å². The Bertz CT molecular complexity index is 345. The minimum absolute atomic E-state index is 0.918. The van der Waals surface area contributed by atoms with E-state index in [9.17, 15) is 4.79 Å². The monoisotopic (exact) mass is 208 g/mol. The zero-order valence-corrected chi connectivity index (χ0v) is 8.75. The van der Waals surface area contributed by atoms with Gasteiger partial charge in [-0.3, -0.25) is 0 Å². The van der Waals surface area contributed by atoms with E-state index in [-0.39, 0.29) is 0 Å². The fourth-order valence-electron chi connectivity index (χ4n) is 1.04. The number of carboxylic acid groups (broad SMARTS) is 1. The van der Waals surface area contributed by atoms with Crippen molar-refractivity contribution in [3.8, 4) is 0 Å². The maximum atomic E-state index is 10.3. The van der Waals surface area contributed by atoms with Crippen molar-refractivity contribution in [2.75, 3.05) is 5.75 Å². The van der Waals surface area contributed by atoms with E-state index in [4.69, 9.17) is 5.11 Å². The zero-order chi connectivity index (χ0) is 10.4. The molecular weight excluding hydrogens is 196 g/mol. The molecule has 1 aromatic carbocycles. The second-order valence-corrected chi connectivity index (χ2v) is 4.01. The van der Waals surface area contributed by atoms with Gasteiger partial charge in [0.1, 0.15) is 0 Å². The molecule has 1 rings (SSSR count). The van der Waals surface area contributed by atoms with Crippen LogP contribution in [-0.2, 0) is 4.79 Å². The summed E-state index contributed by atoms with van der Waals surface area (Å²) in [6.45, 7) is 2.09. The van der Waals surface area contributed by atoms with E-state index in [0.717, 1.165) is 17.4 Å². The van der Waals surface area contributed by atoms with E-state index in [0.29, 0.717) is 0 Å². The molecular formula is C11H12O2S. The molecule has 3 heteroatoms. The smallest absolute Gasteiger partial charge is 0.328 e. The molecule has 0 aliphatic rings. The van der Waals surface area contributed by atoms with E-state index in [1.54, 1.807) is 17.8 Å². The summed E-state index contributed by atoms with van der Waals surface area (Å²) in [5.41, 5.74) is 0.922. The van der Waals surface area contributed by atoms with Crippen LogP contribution in [-0.4, -0.2) is 16.8 Å². The van der Waals surface area contributed by atoms with Gasteiger partial charge in [-0.15, -0.1) is 11.8 Å². The largest absolute Gasteiger partial charge is 0.478 e. The van der Waals surface area contributed by atoms with Crippen molar-refractivity contribution in [2.45, 2.75) is 11.8 Å². The predicted octanol–water partition coefficient (Wildman–Crippen LogP) is 2.90. The van der Waals surface area contributed by atoms with Gasteiger partial charge in [0.05, 0.1) is 0 Å². The third kappa shape index (κ3) is 3.66. The van der Waals surface area contributed by atoms with Crippen LogP contribution in [0, 0.1) is 0 Å². The normalized spacial score (nSPS) is 10.6. The highest BCUT2D eigenvalue weighted by Gasteiger charge is 1.93. The number of benzene rings is 1. The van der Waals surface area contributed by atoms with Crippen LogP contribution in [0.25, 0.3) is 6.08 Å². The fourth-order valence-corrected chi connectivity index (χ4v) is 1.77. The quantitative estimate of drug-likeness (QED) is 0.610. The molecule has 74 valence electrons. The lowest BCUT2D eigenvalue weighted by Crippen LogP contribution is -1.85. The molecule has 0 bridgehead atoms. The summed E-state index contributed by atoms with van der Waals surface area (Å²) in [5.74, 6) is 0.102. The lowest BCUT2D eigenvalue weighted by Gasteiger charge is -1.99. The SMILES string of the molecule is CCSc1cccc(C=CC(=O)O)c1. The molecule has 2 nitrogen and oxygen atoms in total. The first kappa shape index (κ1) is 10.9. The van der Waals surface area contributed by atoms with Crippen molar-refractivity contribution in [1.29, 1.82) is 0 Å². The van der Waals surface area contributed by atoms with Crippen LogP contribution in [0.15, 0.2) is 35.2 Å². The van der Waals surface area contributed by atoms with Gasteiger partial charge >= 0.3 is 5.97 Å². The van der Waals surface area contributed by atoms with Crippen LogP contribution in [0.2, 0.25) is 0 Å². The summed E-state index contributed by atoms with van der Waals surface area (Å²) in [7, 11) is 0. The van der Waals surface area contributed by atoms with Crippen molar-refractivity contribution < 1.29 is 9.90 Å². The molecule has 0 fully saturated rings. The Morgan fingerprint density at radius 2 is 2.36 bits per heavy atom. The van der Waals surface area contributed by atoms with E-state index < -0.39 is 5.97 Å². The molecule has 0 aliphatic heterocycles. The van der Waals surface area contributed by atoms with E-state index in [1.807, 2.05) is 24.3 Å². The third-order valence-corrected chi connectivity index (χ3v) is 2.46. The second-order valence-electron chi connectivity index (χ2n) is 2.68. The van der Waals surface area contributed by atoms with Crippen LogP contribution < -0.4 is 0 Å². The van der Waals surface area contributed by atoms with Gasteiger partial charge in [0.2, 0.25) is 0 Å². The molecule has 0 heterocycles. The Morgan fingerprint density at radius 3 is 3.00 bits per heavy atom. The minimum atomic E-state index is -0.918. The molecule has 14 heavy (non-hydrogen) atoms. The van der Waals surface area contributed by atoms with E-state index >= 15 is 0 Å². The first-order chi connectivity index (χ1) is 6.72. The molecule has 0 atom stereocenters. The van der Waals surface area contributed by atoms with Crippen molar-refractivity contribution >= 4 is 23.8 Å². The van der Waals surface area contributed by atoms with Crippen molar-refractivity contribution in [3.05, 3.63) is 35.9 Å². The Labute approximate surface area is 87.6 Å². The van der Waals surface area contributed by atoms with Gasteiger partial charge in [0.15, 0.2) is 0 Å². The minimum Gasteiger partial charge on any atom is -0.478 e. The Hall–Kier alpha value is -1.22. The van der Waals surface area contributed by atoms with Crippen molar-refractivity contribution in [3.63, 3.8) is 0 Å². The standard InChI is InChI=1S/C11H12O2S/c1-2-14-10-5-3-4-9(8-10)6-7-11(12)13/h3-8H,2H2,1H3,(H,12,13). The summed E-state index contributed by atoms with van der Waals surface area (Å²) in [6.07, 6.45) is 2.75. The predicted molar refractivity (Wildman–Crippen MR) is 59.5 cm³/mol. The number of carbonyl (C=O) groups is 1. The lowest BCUT2D eigenvalue weighted by atomic mass is 10.2. The van der Waals surface area contributed by atoms with Gasteiger partial charge < -0.3 is 5.11 Å². The molecule has 0 spiro atoms. The van der Waals surface area contributed by atoms with Crippen molar-refractivity contribution in [1.82, 2.24) is 0 Å². The Balaban J connectivity index is 2.77. The molecule has 0 saturated carbocycles. The highest BCUT2D eigenvalue weighted by atomic mass is 32.2. The third-order valence-electron chi connectivity index (χ3n) is 1.59. The van der Waals surface area contributed by atoms with Gasteiger partial charge in [-0.2, -0.15) is 0 Å². The van der Waals surface area contributed by atoms with Gasteiger partial charge in [0, 0.05) is 11.0 Å². The average molecular weight is 208 g/mol. The average Bonchev–Trinajstić information content (AvgIpc) is 2.16. The highest BCUT2D eigenvalue weighted by molar-refractivity contribution is 7.99. The molecule has 0 unspecified atom stereocenters. The second kappa shape index (κ2) is 5.50. The summed E-state index contributed by atoms with van der Waals surface area (Å²) in [6, 6.07) is 7.82. The molecule has 0 aromatic heterocycles. The number of carboxylic acids is 1. The molecule has 1 aromatic rings. The Morgan fingerprint density at radius 1 is 1.57 bits per heavy atom. The first-order valence-corrected chi connectivity index (χ1v) is 5.35. The molecule has 0 radical (unpaired) electrons. The summed E-state index contributed by atoms with van der Waals surface area (Å²) < 4.78 is 0. The summed E-state index contributed by atoms with van der Waals surface area (Å²) >= 11 is 1.74. The van der Waals surface area contributed by atoms with E-state index in [1.165, 1.54) is 4.90 Å². The number of hydrogen-bond acceptors (Lipinski definition) is 2. The van der Waals surface area contributed by atoms with Crippen molar-refractivity contribution in [2.24, 2.45) is 0 Å². The van der Waals surface area contributed by atoms with Gasteiger partial charge in [-0.05, 0) is 29.5 Å². The van der Waals surface area contributed by atoms with Gasteiger partial charge in [-0.1, -0.05) is 19.1 Å². The van der Waals surface area contributed by atoms with Gasteiger partial charge in [-0.25, -0.2) is 4.79 Å². The molecule has 0 aliphatic carbocycles. The zero-order valence-electron chi connectivity index (χ0n) is 7.93. The van der Waals surface area contributed by atoms with Crippen LogP contribution in [0.3, 0.4) is 0 Å². The highest BCUT2D eigenvalue weighted by Crippen LogP contribution is 2.19. The van der Waals surface area contributed by atoms with Crippen LogP contribution in [0.1, 0.15) is 12.5 Å². The number of thioether (sulfide) groups is 1. The topological polar surface area (TPSA) is 37.3 Å². The molecule has 0 amide bonds. The first-order valence-electron chi connectivity index (χ1n) is 4.36. The summed E-state index contributed by atoms with van der Waals surface area (Å²) in [5, 5.41) is 8.46. The Kier molecular flexibility index (Phi) is 4.26. The number of aliphatic carboxylic acids is 1. The van der Waals surface area contributed by atoms with Gasteiger partial charge in [0.25, 0.3) is 0 Å².